The summed E-state index contributed by atoms with van der Waals surface area (Å²) in [5.74, 6) is 0.0918. The van der Waals surface area contributed by atoms with Crippen LogP contribution in [-0.2, 0) is 11.2 Å². The molecule has 0 aromatic heterocycles. The number of rotatable bonds is 6. The second-order valence-corrected chi connectivity index (χ2v) is 5.68. The summed E-state index contributed by atoms with van der Waals surface area (Å²) >= 11 is 0. The van der Waals surface area contributed by atoms with Crippen LogP contribution in [0.25, 0.3) is 0 Å². The van der Waals surface area contributed by atoms with Crippen molar-refractivity contribution < 1.29 is 4.79 Å². The number of benzene rings is 1. The molecule has 0 aliphatic carbocycles. The number of carbonyl (C=O) groups excluding carboxylic acids is 1. The molecule has 0 saturated carbocycles. The second kappa shape index (κ2) is 8.98. The van der Waals surface area contributed by atoms with Gasteiger partial charge in [-0.15, -0.1) is 12.4 Å². The van der Waals surface area contributed by atoms with Crippen molar-refractivity contribution in [1.82, 2.24) is 5.32 Å². The SMILES string of the molecule is Cc1cc(C)cc(CC(C)NC(=O)CCC(C)N)c1.Cl. The molecule has 1 amide bonds. The number of carbonyl (C=O) groups is 1. The van der Waals surface area contributed by atoms with Crippen molar-refractivity contribution in [3.8, 4) is 0 Å². The minimum Gasteiger partial charge on any atom is -0.353 e. The molecule has 0 heterocycles. The largest absolute Gasteiger partial charge is 0.353 e. The number of aryl methyl sites for hydroxylation is 2. The number of hydrogen-bond acceptors (Lipinski definition) is 2. The maximum Gasteiger partial charge on any atom is 0.220 e. The number of halogens is 1. The van der Waals surface area contributed by atoms with Gasteiger partial charge in [0.15, 0.2) is 0 Å². The van der Waals surface area contributed by atoms with E-state index in [2.05, 4.69) is 37.4 Å². The lowest BCUT2D eigenvalue weighted by Crippen LogP contribution is -2.34. The fourth-order valence-electron chi connectivity index (χ4n) is 2.30. The van der Waals surface area contributed by atoms with E-state index in [1.54, 1.807) is 0 Å². The predicted molar refractivity (Wildman–Crippen MR) is 87.4 cm³/mol. The molecule has 0 bridgehead atoms. The van der Waals surface area contributed by atoms with E-state index < -0.39 is 0 Å². The lowest BCUT2D eigenvalue weighted by molar-refractivity contribution is -0.121. The van der Waals surface area contributed by atoms with Crippen LogP contribution in [0.1, 0.15) is 43.4 Å². The Hall–Kier alpha value is -1.06. The maximum absolute atomic E-state index is 11.7. The van der Waals surface area contributed by atoms with Gasteiger partial charge >= 0.3 is 0 Å². The van der Waals surface area contributed by atoms with Gasteiger partial charge in [-0.25, -0.2) is 0 Å². The smallest absolute Gasteiger partial charge is 0.220 e. The predicted octanol–water partition coefficient (Wildman–Crippen LogP) is 2.90. The zero-order chi connectivity index (χ0) is 14.4. The monoisotopic (exact) mass is 298 g/mol. The van der Waals surface area contributed by atoms with Crippen LogP contribution < -0.4 is 11.1 Å². The molecule has 2 unspecified atom stereocenters. The van der Waals surface area contributed by atoms with Crippen molar-refractivity contribution in [2.24, 2.45) is 5.73 Å². The highest BCUT2D eigenvalue weighted by molar-refractivity contribution is 5.85. The number of amides is 1. The van der Waals surface area contributed by atoms with Gasteiger partial charge in [-0.05, 0) is 46.1 Å². The Balaban J connectivity index is 0.00000361. The first-order chi connectivity index (χ1) is 8.86. The van der Waals surface area contributed by atoms with Crippen molar-refractivity contribution >= 4 is 18.3 Å². The first-order valence-corrected chi connectivity index (χ1v) is 6.99. The third-order valence-electron chi connectivity index (χ3n) is 3.06. The minimum atomic E-state index is 0. The van der Waals surface area contributed by atoms with Gasteiger partial charge in [0.1, 0.15) is 0 Å². The lowest BCUT2D eigenvalue weighted by atomic mass is 10.0. The number of nitrogens with two attached hydrogens (primary N) is 1. The van der Waals surface area contributed by atoms with Crippen molar-refractivity contribution in [3.63, 3.8) is 0 Å². The van der Waals surface area contributed by atoms with E-state index in [1.165, 1.54) is 16.7 Å². The summed E-state index contributed by atoms with van der Waals surface area (Å²) in [5.41, 5.74) is 9.46. The molecule has 4 heteroatoms. The van der Waals surface area contributed by atoms with E-state index in [0.29, 0.717) is 6.42 Å². The molecule has 114 valence electrons. The summed E-state index contributed by atoms with van der Waals surface area (Å²) in [6, 6.07) is 6.76. The maximum atomic E-state index is 11.7. The second-order valence-electron chi connectivity index (χ2n) is 5.68. The Morgan fingerprint density at radius 3 is 2.25 bits per heavy atom. The summed E-state index contributed by atoms with van der Waals surface area (Å²) in [6.07, 6.45) is 2.11. The van der Waals surface area contributed by atoms with E-state index in [1.807, 2.05) is 13.8 Å². The fraction of sp³-hybridized carbons (Fsp3) is 0.562. The Kier molecular flexibility index (Phi) is 8.51. The Labute approximate surface area is 128 Å². The van der Waals surface area contributed by atoms with Gasteiger partial charge < -0.3 is 11.1 Å². The van der Waals surface area contributed by atoms with Crippen molar-refractivity contribution in [3.05, 3.63) is 34.9 Å². The van der Waals surface area contributed by atoms with Crippen molar-refractivity contribution in [2.45, 2.75) is 59.0 Å². The molecule has 3 nitrogen and oxygen atoms in total. The van der Waals surface area contributed by atoms with Gasteiger partial charge in [0.2, 0.25) is 5.91 Å². The first kappa shape index (κ1) is 18.9. The molecule has 3 N–H and O–H groups in total. The quantitative estimate of drug-likeness (QED) is 0.848. The molecular formula is C16H27ClN2O. The molecule has 20 heavy (non-hydrogen) atoms. The van der Waals surface area contributed by atoms with Crippen LogP contribution in [0.5, 0.6) is 0 Å². The molecule has 0 radical (unpaired) electrons. The molecule has 1 aromatic carbocycles. The number of hydrogen-bond donors (Lipinski definition) is 2. The molecule has 2 atom stereocenters. The van der Waals surface area contributed by atoms with Gasteiger partial charge in [0.25, 0.3) is 0 Å². The van der Waals surface area contributed by atoms with Crippen LogP contribution in [0.15, 0.2) is 18.2 Å². The highest BCUT2D eigenvalue weighted by Gasteiger charge is 2.09. The molecule has 0 spiro atoms. The third-order valence-corrected chi connectivity index (χ3v) is 3.06. The molecule has 1 rings (SSSR count). The van der Waals surface area contributed by atoms with E-state index in [-0.39, 0.29) is 30.4 Å². The summed E-state index contributed by atoms with van der Waals surface area (Å²) in [4.78, 5) is 11.7. The van der Waals surface area contributed by atoms with Crippen LogP contribution in [0.3, 0.4) is 0 Å². The summed E-state index contributed by atoms with van der Waals surface area (Å²) in [6.45, 7) is 8.17. The van der Waals surface area contributed by atoms with Gasteiger partial charge in [-0.1, -0.05) is 29.3 Å². The molecule has 0 aliphatic heterocycles. The molecule has 1 aromatic rings. The summed E-state index contributed by atoms with van der Waals surface area (Å²) < 4.78 is 0. The van der Waals surface area contributed by atoms with Gasteiger partial charge in [0.05, 0.1) is 0 Å². The zero-order valence-corrected chi connectivity index (χ0v) is 13.7. The molecule has 0 fully saturated rings. The van der Waals surface area contributed by atoms with E-state index >= 15 is 0 Å². The summed E-state index contributed by atoms with van der Waals surface area (Å²) in [5, 5.41) is 3.03. The van der Waals surface area contributed by atoms with Gasteiger partial charge in [-0.3, -0.25) is 4.79 Å². The first-order valence-electron chi connectivity index (χ1n) is 6.99. The van der Waals surface area contributed by atoms with E-state index in [4.69, 9.17) is 5.73 Å². The lowest BCUT2D eigenvalue weighted by Gasteiger charge is -2.15. The average molecular weight is 299 g/mol. The Morgan fingerprint density at radius 2 is 1.75 bits per heavy atom. The van der Waals surface area contributed by atoms with Crippen LogP contribution in [0.4, 0.5) is 0 Å². The normalized spacial score (nSPS) is 13.2. The molecule has 0 aliphatic rings. The molecular weight excluding hydrogens is 272 g/mol. The fourth-order valence-corrected chi connectivity index (χ4v) is 2.30. The third kappa shape index (κ3) is 7.51. The Morgan fingerprint density at radius 1 is 1.20 bits per heavy atom. The average Bonchev–Trinajstić information content (AvgIpc) is 2.24. The number of nitrogens with one attached hydrogen (secondary N) is 1. The van der Waals surface area contributed by atoms with Crippen LogP contribution in [0.2, 0.25) is 0 Å². The Bertz CT molecular complexity index is 412. The molecule has 0 saturated heterocycles. The summed E-state index contributed by atoms with van der Waals surface area (Å²) in [7, 11) is 0. The highest BCUT2D eigenvalue weighted by atomic mass is 35.5. The highest BCUT2D eigenvalue weighted by Crippen LogP contribution is 2.11. The minimum absolute atomic E-state index is 0. The van der Waals surface area contributed by atoms with Gasteiger partial charge in [0, 0.05) is 18.5 Å². The van der Waals surface area contributed by atoms with Crippen LogP contribution in [0, 0.1) is 13.8 Å². The van der Waals surface area contributed by atoms with Crippen molar-refractivity contribution in [1.29, 1.82) is 0 Å². The van der Waals surface area contributed by atoms with Crippen LogP contribution in [-0.4, -0.2) is 18.0 Å². The standard InChI is InChI=1S/C16H26N2O.ClH/c1-11-7-12(2)9-15(8-11)10-14(4)18-16(19)6-5-13(3)17;/h7-9,13-14H,5-6,10,17H2,1-4H3,(H,18,19);1H. The van der Waals surface area contributed by atoms with E-state index in [0.717, 1.165) is 12.8 Å². The van der Waals surface area contributed by atoms with Crippen LogP contribution >= 0.6 is 12.4 Å². The van der Waals surface area contributed by atoms with Crippen molar-refractivity contribution in [2.75, 3.05) is 0 Å². The topological polar surface area (TPSA) is 55.1 Å². The van der Waals surface area contributed by atoms with E-state index in [9.17, 15) is 4.79 Å². The van der Waals surface area contributed by atoms with Gasteiger partial charge in [-0.2, -0.15) is 0 Å². The zero-order valence-electron chi connectivity index (χ0n) is 12.9.